The quantitative estimate of drug-likeness (QED) is 0.181. The van der Waals surface area contributed by atoms with Gasteiger partial charge in [-0.05, 0) is 41.3 Å². The van der Waals surface area contributed by atoms with Crippen LogP contribution in [-0.4, -0.2) is 9.38 Å². The first-order chi connectivity index (χ1) is 17.7. The predicted octanol–water partition coefficient (Wildman–Crippen LogP) is 6.62. The van der Waals surface area contributed by atoms with E-state index in [1.54, 1.807) is 10.5 Å². The number of benzene rings is 5. The molecule has 7 aromatic rings. The van der Waals surface area contributed by atoms with Crippen LogP contribution < -0.4 is 5.56 Å². The first-order valence-electron chi connectivity index (χ1n) is 11.4. The molecule has 36 heavy (non-hydrogen) atoms. The molecule has 0 spiro atoms. The lowest BCUT2D eigenvalue weighted by molar-refractivity contribution is 1.14. The molecule has 1 aliphatic rings. The van der Waals surface area contributed by atoms with Gasteiger partial charge in [-0.25, -0.2) is 4.98 Å². The number of nitriles is 2. The largest absolute Gasteiger partial charge is 0.268 e. The fourth-order valence-electron chi connectivity index (χ4n) is 5.75. The molecule has 5 nitrogen and oxygen atoms in total. The Labute approximate surface area is 207 Å². The highest BCUT2D eigenvalue weighted by molar-refractivity contribution is 7.99. The zero-order valence-corrected chi connectivity index (χ0v) is 19.4. The van der Waals surface area contributed by atoms with Crippen molar-refractivity contribution in [1.82, 2.24) is 9.38 Å². The SMILES string of the molecule is N#Cc1cc2c(=O)n3c4cccc5cccc(nc3c3cc(C#N)c6c(c1Sc1ccccc1-6)c23)c54. The van der Waals surface area contributed by atoms with Crippen LogP contribution in [0.25, 0.3) is 60.1 Å². The van der Waals surface area contributed by atoms with Gasteiger partial charge in [0.2, 0.25) is 0 Å². The van der Waals surface area contributed by atoms with Crippen LogP contribution in [0.15, 0.2) is 87.4 Å². The van der Waals surface area contributed by atoms with E-state index in [2.05, 4.69) is 12.1 Å². The predicted molar refractivity (Wildman–Crippen MR) is 142 cm³/mol. The third-order valence-corrected chi connectivity index (χ3v) is 8.38. The lowest BCUT2D eigenvalue weighted by Crippen LogP contribution is -2.17. The van der Waals surface area contributed by atoms with Crippen LogP contribution in [0.5, 0.6) is 0 Å². The molecule has 0 saturated carbocycles. The second-order valence-corrected chi connectivity index (χ2v) is 10.00. The average Bonchev–Trinajstić information content (AvgIpc) is 2.92. The highest BCUT2D eigenvalue weighted by Gasteiger charge is 2.29. The number of pyridine rings is 1. The monoisotopic (exact) mass is 476 g/mol. The lowest BCUT2D eigenvalue weighted by Gasteiger charge is -2.24. The smallest absolute Gasteiger partial charge is 0.264 e. The number of hydrogen-bond donors (Lipinski definition) is 0. The molecule has 0 unspecified atom stereocenters. The summed E-state index contributed by atoms with van der Waals surface area (Å²) in [5, 5.41) is 25.0. The van der Waals surface area contributed by atoms with Crippen molar-refractivity contribution in [3.63, 3.8) is 0 Å². The molecular weight excluding hydrogens is 464 g/mol. The summed E-state index contributed by atoms with van der Waals surface area (Å²) in [6.07, 6.45) is 0. The number of aromatic nitrogens is 2. The normalized spacial score (nSPS) is 12.4. The van der Waals surface area contributed by atoms with Crippen LogP contribution in [0, 0.1) is 22.7 Å². The van der Waals surface area contributed by atoms with E-state index < -0.39 is 0 Å². The van der Waals surface area contributed by atoms with E-state index in [1.807, 2.05) is 66.7 Å². The summed E-state index contributed by atoms with van der Waals surface area (Å²) in [6, 6.07) is 27.9. The minimum Gasteiger partial charge on any atom is -0.268 e. The summed E-state index contributed by atoms with van der Waals surface area (Å²) in [4.78, 5) is 20.9. The molecule has 0 saturated heterocycles. The van der Waals surface area contributed by atoms with E-state index in [9.17, 15) is 15.3 Å². The Kier molecular flexibility index (Phi) is 3.56. The summed E-state index contributed by atoms with van der Waals surface area (Å²) in [5.74, 6) is 0. The van der Waals surface area contributed by atoms with Crippen molar-refractivity contribution in [2.45, 2.75) is 9.79 Å². The number of rotatable bonds is 0. The molecule has 0 N–H and O–H groups in total. The second-order valence-electron chi connectivity index (χ2n) is 8.95. The topological polar surface area (TPSA) is 81.9 Å². The molecule has 6 heteroatoms. The molecule has 0 atom stereocenters. The number of fused-ring (bicyclic) bond motifs is 5. The molecule has 0 aliphatic carbocycles. The van der Waals surface area contributed by atoms with E-state index in [0.717, 1.165) is 58.9 Å². The van der Waals surface area contributed by atoms with Crippen LogP contribution in [-0.2, 0) is 0 Å². The molecule has 3 heterocycles. The summed E-state index contributed by atoms with van der Waals surface area (Å²) in [5.41, 5.74) is 4.50. The van der Waals surface area contributed by atoms with Gasteiger partial charge >= 0.3 is 0 Å². The van der Waals surface area contributed by atoms with Crippen LogP contribution in [0.2, 0.25) is 0 Å². The average molecular weight is 477 g/mol. The third kappa shape index (κ3) is 2.20. The third-order valence-electron chi connectivity index (χ3n) is 7.18. The van der Waals surface area contributed by atoms with Gasteiger partial charge in [-0.3, -0.25) is 9.20 Å². The van der Waals surface area contributed by atoms with E-state index in [1.165, 1.54) is 11.8 Å². The van der Waals surface area contributed by atoms with Gasteiger partial charge in [0.25, 0.3) is 5.56 Å². The second kappa shape index (κ2) is 6.60. The molecule has 1 aliphatic heterocycles. The fraction of sp³-hybridized carbons (Fsp3) is 0. The standard InChI is InChI=1S/C30H12N4OS/c31-13-16-11-19-26-20(12-17(14-32)28-27(26)24(16)18-7-1-2-10-23(18)36-28)30(35)34-22-9-4-6-15-5-3-8-21(25(15)22)33-29(19)34/h1-12H. The minimum absolute atomic E-state index is 0.217. The zero-order valence-electron chi connectivity index (χ0n) is 18.5. The van der Waals surface area contributed by atoms with Gasteiger partial charge in [0.05, 0.1) is 33.6 Å². The van der Waals surface area contributed by atoms with Crippen LogP contribution in [0.1, 0.15) is 11.1 Å². The highest BCUT2D eigenvalue weighted by atomic mass is 32.2. The maximum absolute atomic E-state index is 14.1. The Morgan fingerprint density at radius 3 is 2.42 bits per heavy atom. The van der Waals surface area contributed by atoms with E-state index in [4.69, 9.17) is 4.98 Å². The van der Waals surface area contributed by atoms with E-state index >= 15 is 0 Å². The maximum Gasteiger partial charge on any atom is 0.264 e. The minimum atomic E-state index is -0.217. The molecule has 5 aromatic carbocycles. The van der Waals surface area contributed by atoms with E-state index in [0.29, 0.717) is 22.2 Å². The van der Waals surface area contributed by atoms with Crippen LogP contribution >= 0.6 is 11.8 Å². The molecule has 0 amide bonds. The molecule has 0 bridgehead atoms. The van der Waals surface area contributed by atoms with Crippen molar-refractivity contribution >= 4 is 60.8 Å². The summed E-state index contributed by atoms with van der Waals surface area (Å²) < 4.78 is 1.64. The molecule has 0 radical (unpaired) electrons. The molecule has 164 valence electrons. The van der Waals surface area contributed by atoms with E-state index in [-0.39, 0.29) is 5.56 Å². The Morgan fingerprint density at radius 1 is 0.806 bits per heavy atom. The van der Waals surface area contributed by atoms with Crippen molar-refractivity contribution in [3.05, 3.63) is 94.3 Å². The molecular formula is C30H12N4OS. The van der Waals surface area contributed by atoms with Gasteiger partial charge in [0.1, 0.15) is 11.7 Å². The molecule has 0 fully saturated rings. The first kappa shape index (κ1) is 19.4. The Morgan fingerprint density at radius 2 is 1.58 bits per heavy atom. The van der Waals surface area contributed by atoms with Gasteiger partial charge in [-0.1, -0.05) is 54.2 Å². The van der Waals surface area contributed by atoms with Gasteiger partial charge < -0.3 is 0 Å². The summed E-state index contributed by atoms with van der Waals surface area (Å²) in [7, 11) is 0. The van der Waals surface area contributed by atoms with Gasteiger partial charge in [-0.15, -0.1) is 0 Å². The van der Waals surface area contributed by atoms with Crippen molar-refractivity contribution in [2.24, 2.45) is 0 Å². The zero-order chi connectivity index (χ0) is 24.1. The Bertz CT molecular complexity index is 2280. The number of nitrogens with zero attached hydrogens (tertiary/aromatic N) is 4. The lowest BCUT2D eigenvalue weighted by atomic mass is 9.88. The van der Waals surface area contributed by atoms with Crippen molar-refractivity contribution in [2.75, 3.05) is 0 Å². The van der Waals surface area contributed by atoms with Gasteiger partial charge in [0, 0.05) is 36.9 Å². The maximum atomic E-state index is 14.1. The summed E-state index contributed by atoms with van der Waals surface area (Å²) >= 11 is 1.52. The van der Waals surface area contributed by atoms with Crippen molar-refractivity contribution in [3.8, 4) is 23.3 Å². The first-order valence-corrected chi connectivity index (χ1v) is 12.2. The summed E-state index contributed by atoms with van der Waals surface area (Å²) in [6.45, 7) is 0. The van der Waals surface area contributed by atoms with Crippen LogP contribution in [0.3, 0.4) is 0 Å². The van der Waals surface area contributed by atoms with Crippen LogP contribution in [0.4, 0.5) is 0 Å². The molecule has 2 aromatic heterocycles. The highest BCUT2D eigenvalue weighted by Crippen LogP contribution is 2.52. The Balaban J connectivity index is 1.74. The van der Waals surface area contributed by atoms with Gasteiger partial charge in [-0.2, -0.15) is 10.5 Å². The van der Waals surface area contributed by atoms with Crippen molar-refractivity contribution in [1.29, 1.82) is 10.5 Å². The molecule has 8 rings (SSSR count). The van der Waals surface area contributed by atoms with Gasteiger partial charge in [0.15, 0.2) is 0 Å². The van der Waals surface area contributed by atoms with Crippen molar-refractivity contribution < 1.29 is 0 Å². The fourth-order valence-corrected chi connectivity index (χ4v) is 6.91. The number of hydrogen-bond acceptors (Lipinski definition) is 5. The Hall–Kier alpha value is -4.91.